The van der Waals surface area contributed by atoms with Crippen molar-refractivity contribution in [3.05, 3.63) is 11.9 Å². The first kappa shape index (κ1) is 12.9. The molecule has 3 N–H and O–H groups in total. The molecule has 18 heavy (non-hydrogen) atoms. The summed E-state index contributed by atoms with van der Waals surface area (Å²) < 4.78 is 0. The molecule has 0 aromatic rings. The van der Waals surface area contributed by atoms with Crippen LogP contribution in [0.4, 0.5) is 0 Å². The number of likely N-dealkylation sites (N-methyl/N-ethyl adjacent to an activating group) is 1. The predicted molar refractivity (Wildman–Crippen MR) is 70.9 cm³/mol. The smallest absolute Gasteiger partial charge is 0.228 e. The zero-order valence-electron chi connectivity index (χ0n) is 11.1. The molecule has 2 aliphatic rings. The number of amidine groups is 1. The number of rotatable bonds is 1. The number of nitrogens with zero attached hydrogens (tertiary/aromatic N) is 2. The molecule has 1 aliphatic heterocycles. The van der Waals surface area contributed by atoms with Crippen molar-refractivity contribution in [1.29, 1.82) is 5.41 Å². The lowest BCUT2D eigenvalue weighted by molar-refractivity contribution is -0.128. The van der Waals surface area contributed by atoms with E-state index in [2.05, 4.69) is 4.90 Å². The SMILES string of the molecule is C[C@@H]1CC(=O)N(C)/C(=C/N)C(=N)N1C1CCCC1. The lowest BCUT2D eigenvalue weighted by Crippen LogP contribution is -2.44. The van der Waals surface area contributed by atoms with Crippen LogP contribution in [0.2, 0.25) is 0 Å². The molecule has 0 aromatic heterocycles. The highest BCUT2D eigenvalue weighted by molar-refractivity contribution is 6.01. The largest absolute Gasteiger partial charge is 0.403 e. The summed E-state index contributed by atoms with van der Waals surface area (Å²) in [6.07, 6.45) is 6.48. The lowest BCUT2D eigenvalue weighted by atomic mass is 10.1. The highest BCUT2D eigenvalue weighted by Gasteiger charge is 2.36. The molecule has 0 aromatic carbocycles. The fourth-order valence-corrected chi connectivity index (χ4v) is 3.05. The Labute approximate surface area is 108 Å². The molecule has 100 valence electrons. The second-order valence-electron chi connectivity index (χ2n) is 5.25. The number of amides is 1. The van der Waals surface area contributed by atoms with Crippen molar-refractivity contribution in [3.8, 4) is 0 Å². The fourth-order valence-electron chi connectivity index (χ4n) is 3.05. The van der Waals surface area contributed by atoms with E-state index >= 15 is 0 Å². The molecule has 2 fully saturated rings. The third kappa shape index (κ3) is 2.09. The molecule has 1 aliphatic carbocycles. The number of nitrogens with one attached hydrogen (secondary N) is 1. The third-order valence-corrected chi connectivity index (χ3v) is 4.06. The zero-order chi connectivity index (χ0) is 13.3. The van der Waals surface area contributed by atoms with Gasteiger partial charge in [-0.15, -0.1) is 0 Å². The van der Waals surface area contributed by atoms with Crippen molar-refractivity contribution in [2.45, 2.75) is 51.1 Å². The molecule has 1 saturated heterocycles. The number of hydrogen-bond acceptors (Lipinski definition) is 3. The molecule has 0 unspecified atom stereocenters. The molecule has 2 rings (SSSR count). The van der Waals surface area contributed by atoms with Crippen LogP contribution in [0, 0.1) is 5.41 Å². The molecule has 0 radical (unpaired) electrons. The Bertz CT molecular complexity index is 384. The van der Waals surface area contributed by atoms with Gasteiger partial charge in [0.1, 0.15) is 11.5 Å². The van der Waals surface area contributed by atoms with Crippen molar-refractivity contribution in [2.24, 2.45) is 5.73 Å². The van der Waals surface area contributed by atoms with Gasteiger partial charge in [-0.2, -0.15) is 0 Å². The summed E-state index contributed by atoms with van der Waals surface area (Å²) in [5.74, 6) is 0.426. The molecule has 1 heterocycles. The van der Waals surface area contributed by atoms with Gasteiger partial charge in [0, 0.05) is 31.8 Å². The standard InChI is InChI=1S/C13H22N4O/c1-9-7-12(18)16(2)11(8-14)13(15)17(9)10-5-3-4-6-10/h8-10,15H,3-7,14H2,1-2H3/b11-8+,15-13?/t9-/m1/s1. The number of carbonyl (C=O) groups is 1. The van der Waals surface area contributed by atoms with E-state index in [1.54, 1.807) is 7.05 Å². The Morgan fingerprint density at radius 1 is 1.39 bits per heavy atom. The Morgan fingerprint density at radius 3 is 2.56 bits per heavy atom. The van der Waals surface area contributed by atoms with Crippen LogP contribution >= 0.6 is 0 Å². The van der Waals surface area contributed by atoms with Crippen molar-refractivity contribution in [3.63, 3.8) is 0 Å². The van der Waals surface area contributed by atoms with Gasteiger partial charge in [0.25, 0.3) is 0 Å². The van der Waals surface area contributed by atoms with Crippen molar-refractivity contribution >= 4 is 11.7 Å². The van der Waals surface area contributed by atoms with Gasteiger partial charge in [-0.25, -0.2) is 0 Å². The summed E-state index contributed by atoms with van der Waals surface area (Å²) in [5.41, 5.74) is 6.12. The van der Waals surface area contributed by atoms with Crippen LogP contribution in [-0.4, -0.2) is 40.7 Å². The first-order chi connectivity index (χ1) is 8.56. The Kier molecular flexibility index (Phi) is 3.59. The van der Waals surface area contributed by atoms with E-state index in [1.807, 2.05) is 6.92 Å². The van der Waals surface area contributed by atoms with E-state index in [4.69, 9.17) is 11.1 Å². The number of nitrogens with two attached hydrogens (primary N) is 1. The average Bonchev–Trinajstić information content (AvgIpc) is 2.80. The highest BCUT2D eigenvalue weighted by Crippen LogP contribution is 2.29. The Morgan fingerprint density at radius 2 is 2.00 bits per heavy atom. The van der Waals surface area contributed by atoms with E-state index in [9.17, 15) is 4.79 Å². The fraction of sp³-hybridized carbons (Fsp3) is 0.692. The van der Waals surface area contributed by atoms with Crippen LogP contribution < -0.4 is 5.73 Å². The van der Waals surface area contributed by atoms with Gasteiger partial charge >= 0.3 is 0 Å². The van der Waals surface area contributed by atoms with E-state index in [0.29, 0.717) is 24.0 Å². The summed E-state index contributed by atoms with van der Waals surface area (Å²) in [7, 11) is 1.69. The molecule has 0 spiro atoms. The molecular formula is C13H22N4O. The van der Waals surface area contributed by atoms with Gasteiger partial charge in [0.2, 0.25) is 5.91 Å². The maximum Gasteiger partial charge on any atom is 0.228 e. The minimum absolute atomic E-state index is 0.0319. The topological polar surface area (TPSA) is 73.4 Å². The molecular weight excluding hydrogens is 228 g/mol. The average molecular weight is 250 g/mol. The van der Waals surface area contributed by atoms with Gasteiger partial charge in [-0.3, -0.25) is 10.2 Å². The van der Waals surface area contributed by atoms with Crippen molar-refractivity contribution in [2.75, 3.05) is 7.05 Å². The summed E-state index contributed by atoms with van der Waals surface area (Å²) in [5, 5.41) is 8.34. The van der Waals surface area contributed by atoms with Crippen LogP contribution in [0.15, 0.2) is 11.9 Å². The molecule has 5 heteroatoms. The summed E-state index contributed by atoms with van der Waals surface area (Å²) in [6, 6.07) is 0.467. The third-order valence-electron chi connectivity index (χ3n) is 4.06. The molecule has 1 amide bonds. The van der Waals surface area contributed by atoms with Crippen molar-refractivity contribution < 1.29 is 4.79 Å². The van der Waals surface area contributed by atoms with E-state index < -0.39 is 0 Å². The quantitative estimate of drug-likeness (QED) is 0.735. The first-order valence-corrected chi connectivity index (χ1v) is 6.62. The van der Waals surface area contributed by atoms with Gasteiger partial charge in [-0.05, 0) is 19.8 Å². The summed E-state index contributed by atoms with van der Waals surface area (Å²) in [6.45, 7) is 2.03. The lowest BCUT2D eigenvalue weighted by Gasteiger charge is -2.35. The first-order valence-electron chi connectivity index (χ1n) is 6.62. The van der Waals surface area contributed by atoms with Crippen LogP contribution in [0.25, 0.3) is 0 Å². The van der Waals surface area contributed by atoms with Crippen molar-refractivity contribution in [1.82, 2.24) is 9.80 Å². The summed E-state index contributed by atoms with van der Waals surface area (Å²) >= 11 is 0. The second-order valence-corrected chi connectivity index (χ2v) is 5.25. The molecule has 1 saturated carbocycles. The van der Waals surface area contributed by atoms with Gasteiger partial charge in [0.05, 0.1) is 0 Å². The maximum atomic E-state index is 12.0. The van der Waals surface area contributed by atoms with E-state index in [0.717, 1.165) is 12.8 Å². The van der Waals surface area contributed by atoms with Gasteiger partial charge in [-0.1, -0.05) is 12.8 Å². The maximum absolute atomic E-state index is 12.0. The molecule has 1 atom stereocenters. The Balaban J connectivity index is 2.32. The van der Waals surface area contributed by atoms with Crippen LogP contribution in [0.3, 0.4) is 0 Å². The number of hydrogen-bond donors (Lipinski definition) is 2. The van der Waals surface area contributed by atoms with Crippen LogP contribution in [0.5, 0.6) is 0 Å². The zero-order valence-corrected chi connectivity index (χ0v) is 11.1. The van der Waals surface area contributed by atoms with Crippen LogP contribution in [0.1, 0.15) is 39.0 Å². The van der Waals surface area contributed by atoms with Crippen LogP contribution in [-0.2, 0) is 4.79 Å². The van der Waals surface area contributed by atoms with Gasteiger partial charge in [0.15, 0.2) is 0 Å². The summed E-state index contributed by atoms with van der Waals surface area (Å²) in [4.78, 5) is 15.6. The highest BCUT2D eigenvalue weighted by atomic mass is 16.2. The monoisotopic (exact) mass is 250 g/mol. The predicted octanol–water partition coefficient (Wildman–Crippen LogP) is 1.26. The number of carbonyl (C=O) groups excluding carboxylic acids is 1. The normalized spacial score (nSPS) is 29.2. The van der Waals surface area contributed by atoms with Gasteiger partial charge < -0.3 is 15.5 Å². The minimum atomic E-state index is 0.0319. The van der Waals surface area contributed by atoms with E-state index in [-0.39, 0.29) is 11.9 Å². The minimum Gasteiger partial charge on any atom is -0.403 e. The molecule has 5 nitrogen and oxygen atoms in total. The second kappa shape index (κ2) is 5.00. The Hall–Kier alpha value is -1.52. The molecule has 0 bridgehead atoms. The van der Waals surface area contributed by atoms with E-state index in [1.165, 1.54) is 23.9 Å².